The van der Waals surface area contributed by atoms with Crippen LogP contribution in [0.3, 0.4) is 0 Å². The van der Waals surface area contributed by atoms with Crippen molar-refractivity contribution in [2.45, 2.75) is 18.9 Å². The Bertz CT molecular complexity index is 703. The first kappa shape index (κ1) is 13.2. The van der Waals surface area contributed by atoms with Crippen LogP contribution in [0.2, 0.25) is 5.02 Å². The van der Waals surface area contributed by atoms with E-state index in [-0.39, 0.29) is 0 Å². The summed E-state index contributed by atoms with van der Waals surface area (Å²) in [6.45, 7) is 0. The molecule has 1 heterocycles. The topological polar surface area (TPSA) is 33.4 Å². The van der Waals surface area contributed by atoms with Crippen LogP contribution in [0.25, 0.3) is 11.0 Å². The lowest BCUT2D eigenvalue weighted by molar-refractivity contribution is 0.165. The van der Waals surface area contributed by atoms with Gasteiger partial charge in [0.25, 0.3) is 0 Å². The van der Waals surface area contributed by atoms with Crippen LogP contribution in [0.5, 0.6) is 0 Å². The number of halogens is 1. The first-order valence-electron chi connectivity index (χ1n) is 6.64. The number of benzene rings is 2. The van der Waals surface area contributed by atoms with E-state index >= 15 is 0 Å². The Hall–Kier alpha value is -1.77. The van der Waals surface area contributed by atoms with Crippen molar-refractivity contribution in [2.75, 3.05) is 0 Å². The van der Waals surface area contributed by atoms with Crippen molar-refractivity contribution < 1.29 is 9.52 Å². The number of furan rings is 1. The van der Waals surface area contributed by atoms with Crippen molar-refractivity contribution in [1.29, 1.82) is 0 Å². The third-order valence-corrected chi connectivity index (χ3v) is 3.69. The Morgan fingerprint density at radius 1 is 1.05 bits per heavy atom. The van der Waals surface area contributed by atoms with Gasteiger partial charge in [-0.3, -0.25) is 0 Å². The molecular formula is C17H15ClO2. The zero-order valence-corrected chi connectivity index (χ0v) is 11.7. The molecule has 3 rings (SSSR count). The van der Waals surface area contributed by atoms with Crippen molar-refractivity contribution in [1.82, 2.24) is 0 Å². The summed E-state index contributed by atoms with van der Waals surface area (Å²) >= 11 is 6.09. The molecule has 0 aliphatic rings. The van der Waals surface area contributed by atoms with Crippen LogP contribution in [0, 0.1) is 0 Å². The minimum Gasteiger partial charge on any atom is -0.460 e. The molecule has 0 amide bonds. The molecule has 0 saturated carbocycles. The second-order valence-corrected chi connectivity index (χ2v) is 5.24. The summed E-state index contributed by atoms with van der Waals surface area (Å²) < 4.78 is 5.74. The minimum atomic E-state index is -0.472. The van der Waals surface area contributed by atoms with Crippen LogP contribution in [-0.4, -0.2) is 5.11 Å². The van der Waals surface area contributed by atoms with Crippen molar-refractivity contribution in [3.63, 3.8) is 0 Å². The van der Waals surface area contributed by atoms with Crippen molar-refractivity contribution in [3.05, 3.63) is 70.9 Å². The van der Waals surface area contributed by atoms with Gasteiger partial charge in [0.15, 0.2) is 5.58 Å². The van der Waals surface area contributed by atoms with Crippen molar-refractivity contribution in [3.8, 4) is 0 Å². The van der Waals surface area contributed by atoms with Gasteiger partial charge >= 0.3 is 0 Å². The summed E-state index contributed by atoms with van der Waals surface area (Å²) in [5.74, 6) is 0.850. The van der Waals surface area contributed by atoms with E-state index in [0.29, 0.717) is 17.9 Å². The number of para-hydroxylation sites is 1. The zero-order valence-electron chi connectivity index (χ0n) is 10.9. The summed E-state index contributed by atoms with van der Waals surface area (Å²) in [6, 6.07) is 17.3. The standard InChI is InChI=1S/C17H15ClO2/c18-15-8-4-7-13-11-14(20-17(13)15)9-10-16(19)12-5-2-1-3-6-12/h1-8,11,16,19H,9-10H2. The van der Waals surface area contributed by atoms with E-state index in [0.717, 1.165) is 22.3 Å². The zero-order chi connectivity index (χ0) is 13.9. The fourth-order valence-corrected chi connectivity index (χ4v) is 2.55. The number of rotatable bonds is 4. The SMILES string of the molecule is OC(CCc1cc2cccc(Cl)c2o1)c1ccccc1. The molecule has 0 radical (unpaired) electrons. The van der Waals surface area contributed by atoms with Gasteiger partial charge in [-0.1, -0.05) is 54.1 Å². The molecule has 1 aromatic heterocycles. The quantitative estimate of drug-likeness (QED) is 0.750. The first-order chi connectivity index (χ1) is 9.74. The second-order valence-electron chi connectivity index (χ2n) is 4.84. The fraction of sp³-hybridized carbons (Fsp3) is 0.176. The van der Waals surface area contributed by atoms with Crippen LogP contribution in [-0.2, 0) is 6.42 Å². The third kappa shape index (κ3) is 2.72. The lowest BCUT2D eigenvalue weighted by Gasteiger charge is -2.09. The molecule has 0 spiro atoms. The largest absolute Gasteiger partial charge is 0.460 e. The molecule has 0 fully saturated rings. The number of aliphatic hydroxyl groups excluding tert-OH is 1. The van der Waals surface area contributed by atoms with Crippen LogP contribution >= 0.6 is 11.6 Å². The normalized spacial score (nSPS) is 12.7. The van der Waals surface area contributed by atoms with Gasteiger partial charge < -0.3 is 9.52 Å². The molecule has 20 heavy (non-hydrogen) atoms. The minimum absolute atomic E-state index is 0.472. The van der Waals surface area contributed by atoms with E-state index in [1.165, 1.54) is 0 Å². The maximum absolute atomic E-state index is 10.1. The molecule has 0 bridgehead atoms. The smallest absolute Gasteiger partial charge is 0.152 e. The van der Waals surface area contributed by atoms with E-state index in [2.05, 4.69) is 0 Å². The molecule has 0 aliphatic carbocycles. The first-order valence-corrected chi connectivity index (χ1v) is 7.02. The van der Waals surface area contributed by atoms with Gasteiger partial charge in [0.1, 0.15) is 5.76 Å². The Morgan fingerprint density at radius 3 is 2.60 bits per heavy atom. The number of fused-ring (bicyclic) bond motifs is 1. The fourth-order valence-electron chi connectivity index (χ4n) is 2.32. The highest BCUT2D eigenvalue weighted by Gasteiger charge is 2.11. The molecule has 0 saturated heterocycles. The maximum atomic E-state index is 10.1. The highest BCUT2D eigenvalue weighted by atomic mass is 35.5. The van der Waals surface area contributed by atoms with E-state index in [1.54, 1.807) is 0 Å². The van der Waals surface area contributed by atoms with Gasteiger partial charge in [-0.15, -0.1) is 0 Å². The molecule has 2 aromatic carbocycles. The van der Waals surface area contributed by atoms with Crippen LogP contribution in [0.4, 0.5) is 0 Å². The van der Waals surface area contributed by atoms with Gasteiger partial charge in [0.2, 0.25) is 0 Å². The molecule has 2 nitrogen and oxygen atoms in total. The summed E-state index contributed by atoms with van der Waals surface area (Å²) in [5, 5.41) is 11.8. The van der Waals surface area contributed by atoms with Gasteiger partial charge in [0.05, 0.1) is 11.1 Å². The molecule has 102 valence electrons. The Labute approximate surface area is 122 Å². The summed E-state index contributed by atoms with van der Waals surface area (Å²) in [7, 11) is 0. The van der Waals surface area contributed by atoms with Crippen LogP contribution in [0.15, 0.2) is 59.0 Å². The van der Waals surface area contributed by atoms with Gasteiger partial charge in [-0.2, -0.15) is 0 Å². The monoisotopic (exact) mass is 286 g/mol. The second kappa shape index (κ2) is 5.70. The van der Waals surface area contributed by atoms with Gasteiger partial charge in [-0.25, -0.2) is 0 Å². The van der Waals surface area contributed by atoms with E-state index in [4.69, 9.17) is 16.0 Å². The number of hydrogen-bond donors (Lipinski definition) is 1. The van der Waals surface area contributed by atoms with E-state index in [9.17, 15) is 5.11 Å². The van der Waals surface area contributed by atoms with E-state index in [1.807, 2.05) is 54.6 Å². The highest BCUT2D eigenvalue weighted by molar-refractivity contribution is 6.34. The summed E-state index contributed by atoms with van der Waals surface area (Å²) in [6.07, 6.45) is 0.836. The van der Waals surface area contributed by atoms with E-state index < -0.39 is 6.10 Å². The molecule has 1 unspecified atom stereocenters. The Kier molecular flexibility index (Phi) is 3.77. The number of aliphatic hydroxyl groups is 1. The van der Waals surface area contributed by atoms with Gasteiger partial charge in [0, 0.05) is 11.8 Å². The molecule has 3 heteroatoms. The van der Waals surface area contributed by atoms with Gasteiger partial charge in [-0.05, 0) is 24.1 Å². The highest BCUT2D eigenvalue weighted by Crippen LogP contribution is 2.28. The third-order valence-electron chi connectivity index (χ3n) is 3.40. The molecule has 1 N–H and O–H groups in total. The number of aryl methyl sites for hydroxylation is 1. The summed E-state index contributed by atoms with van der Waals surface area (Å²) in [4.78, 5) is 0. The number of hydrogen-bond acceptors (Lipinski definition) is 2. The molecule has 3 aromatic rings. The van der Waals surface area contributed by atoms with Crippen molar-refractivity contribution in [2.24, 2.45) is 0 Å². The molecular weight excluding hydrogens is 272 g/mol. The average Bonchev–Trinajstić information content (AvgIpc) is 2.90. The predicted octanol–water partition coefficient (Wildman–Crippen LogP) is 4.75. The van der Waals surface area contributed by atoms with Crippen LogP contribution < -0.4 is 0 Å². The Morgan fingerprint density at radius 2 is 1.85 bits per heavy atom. The van der Waals surface area contributed by atoms with Crippen molar-refractivity contribution >= 4 is 22.6 Å². The lowest BCUT2D eigenvalue weighted by atomic mass is 10.0. The molecule has 1 atom stereocenters. The molecule has 0 aliphatic heterocycles. The predicted molar refractivity (Wildman–Crippen MR) is 80.9 cm³/mol. The average molecular weight is 287 g/mol. The Balaban J connectivity index is 1.72. The summed E-state index contributed by atoms with van der Waals surface area (Å²) in [5.41, 5.74) is 1.65. The lowest BCUT2D eigenvalue weighted by Crippen LogP contribution is -1.98. The van der Waals surface area contributed by atoms with Crippen LogP contribution in [0.1, 0.15) is 23.8 Å². The maximum Gasteiger partial charge on any atom is 0.152 e.